The Balaban J connectivity index is 2.12. The van der Waals surface area contributed by atoms with Crippen LogP contribution in [0.4, 0.5) is 11.4 Å². The number of benzene rings is 1. The maximum Gasteiger partial charge on any atom is 0.234 e. The fraction of sp³-hybridized carbons (Fsp3) is 0.333. The predicted octanol–water partition coefficient (Wildman–Crippen LogP) is 1.90. The molecule has 0 aliphatic heterocycles. The van der Waals surface area contributed by atoms with E-state index in [1.165, 1.54) is 13.0 Å². The summed E-state index contributed by atoms with van der Waals surface area (Å²) in [5, 5.41) is 16.0. The number of halogens is 1. The number of nitrogens with zero attached hydrogens (tertiary/aromatic N) is 1. The molecule has 20 heavy (non-hydrogen) atoms. The van der Waals surface area contributed by atoms with E-state index < -0.39 is 22.8 Å². The van der Waals surface area contributed by atoms with Gasteiger partial charge in [0.05, 0.1) is 11.4 Å². The molecule has 2 amide bonds. The standard InChI is InChI=1S/C12H12ClN3O4/c1-6(17)14-9-3-2-7(13)4-10(9)15-12(18)8-5-11(8)16(19)20/h2-4,8,11H,5H2,1H3,(H,14,17)(H,15,18)/t8-,11-/m1/s1. The second-order valence-corrected chi connectivity index (χ2v) is 4.99. The Labute approximate surface area is 119 Å². The Morgan fingerprint density at radius 3 is 2.60 bits per heavy atom. The van der Waals surface area contributed by atoms with Gasteiger partial charge in [0.15, 0.2) is 0 Å². The fourth-order valence-corrected chi connectivity index (χ4v) is 2.01. The molecule has 0 aromatic heterocycles. The molecule has 0 saturated heterocycles. The van der Waals surface area contributed by atoms with Crippen molar-refractivity contribution in [3.05, 3.63) is 33.3 Å². The van der Waals surface area contributed by atoms with Crippen LogP contribution in [0.3, 0.4) is 0 Å². The van der Waals surface area contributed by atoms with Crippen molar-refractivity contribution in [2.24, 2.45) is 5.92 Å². The number of nitrogens with one attached hydrogen (secondary N) is 2. The van der Waals surface area contributed by atoms with Crippen LogP contribution in [-0.2, 0) is 9.59 Å². The summed E-state index contributed by atoms with van der Waals surface area (Å²) < 4.78 is 0. The summed E-state index contributed by atoms with van der Waals surface area (Å²) >= 11 is 5.84. The van der Waals surface area contributed by atoms with Gasteiger partial charge in [-0.2, -0.15) is 0 Å². The van der Waals surface area contributed by atoms with Crippen molar-refractivity contribution >= 4 is 34.8 Å². The molecular formula is C12H12ClN3O4. The van der Waals surface area contributed by atoms with Gasteiger partial charge < -0.3 is 10.6 Å². The smallest absolute Gasteiger partial charge is 0.234 e. The second-order valence-electron chi connectivity index (χ2n) is 4.56. The molecule has 8 heteroatoms. The van der Waals surface area contributed by atoms with Crippen LogP contribution < -0.4 is 10.6 Å². The molecule has 2 rings (SSSR count). The minimum Gasteiger partial charge on any atom is -0.325 e. The largest absolute Gasteiger partial charge is 0.325 e. The van der Waals surface area contributed by atoms with E-state index in [0.717, 1.165) is 0 Å². The first-order chi connectivity index (χ1) is 9.38. The zero-order valence-electron chi connectivity index (χ0n) is 10.6. The van der Waals surface area contributed by atoms with Crippen LogP contribution in [0.25, 0.3) is 0 Å². The van der Waals surface area contributed by atoms with Crippen molar-refractivity contribution < 1.29 is 14.5 Å². The van der Waals surface area contributed by atoms with E-state index in [4.69, 9.17) is 11.6 Å². The minimum atomic E-state index is -0.821. The Morgan fingerprint density at radius 2 is 2.05 bits per heavy atom. The highest BCUT2D eigenvalue weighted by Gasteiger charge is 2.53. The molecule has 2 N–H and O–H groups in total. The number of carbonyl (C=O) groups is 2. The number of hydrogen-bond donors (Lipinski definition) is 2. The Morgan fingerprint density at radius 1 is 1.35 bits per heavy atom. The van der Waals surface area contributed by atoms with Crippen LogP contribution in [0.15, 0.2) is 18.2 Å². The van der Waals surface area contributed by atoms with Gasteiger partial charge >= 0.3 is 0 Å². The first-order valence-corrected chi connectivity index (χ1v) is 6.28. The number of nitro groups is 1. The minimum absolute atomic E-state index is 0.231. The molecule has 0 bridgehead atoms. The van der Waals surface area contributed by atoms with Gasteiger partial charge in [0.1, 0.15) is 5.92 Å². The molecule has 0 unspecified atom stereocenters. The van der Waals surface area contributed by atoms with Gasteiger partial charge in [0, 0.05) is 23.3 Å². The highest BCUT2D eigenvalue weighted by Crippen LogP contribution is 2.35. The summed E-state index contributed by atoms with van der Waals surface area (Å²) in [4.78, 5) is 33.0. The molecule has 1 aliphatic rings. The Hall–Kier alpha value is -2.15. The Kier molecular flexibility index (Phi) is 3.89. The maximum absolute atomic E-state index is 11.9. The summed E-state index contributed by atoms with van der Waals surface area (Å²) in [6.07, 6.45) is 0.231. The van der Waals surface area contributed by atoms with Crippen LogP contribution >= 0.6 is 11.6 Å². The van der Waals surface area contributed by atoms with Gasteiger partial charge in [0.2, 0.25) is 17.9 Å². The number of carbonyl (C=O) groups excluding carboxylic acids is 2. The lowest BCUT2D eigenvalue weighted by Crippen LogP contribution is -2.19. The van der Waals surface area contributed by atoms with Gasteiger partial charge in [-0.05, 0) is 18.2 Å². The van der Waals surface area contributed by atoms with Crippen LogP contribution in [0, 0.1) is 16.0 Å². The monoisotopic (exact) mass is 297 g/mol. The Bertz CT molecular complexity index is 590. The zero-order valence-corrected chi connectivity index (χ0v) is 11.3. The van der Waals surface area contributed by atoms with Gasteiger partial charge in [-0.15, -0.1) is 0 Å². The molecule has 0 radical (unpaired) electrons. The lowest BCUT2D eigenvalue weighted by atomic mass is 10.2. The van der Waals surface area contributed by atoms with Crippen molar-refractivity contribution in [3.63, 3.8) is 0 Å². The van der Waals surface area contributed by atoms with Gasteiger partial charge in [-0.25, -0.2) is 0 Å². The van der Waals surface area contributed by atoms with Crippen LogP contribution in [0.2, 0.25) is 5.02 Å². The molecule has 1 aliphatic carbocycles. The highest BCUT2D eigenvalue weighted by atomic mass is 35.5. The van der Waals surface area contributed by atoms with E-state index in [1.807, 2.05) is 0 Å². The number of amides is 2. The van der Waals surface area contributed by atoms with Crippen LogP contribution in [0.5, 0.6) is 0 Å². The molecule has 106 valence electrons. The van der Waals surface area contributed by atoms with Crippen molar-refractivity contribution in [1.82, 2.24) is 0 Å². The summed E-state index contributed by atoms with van der Waals surface area (Å²) in [7, 11) is 0. The van der Waals surface area contributed by atoms with Crippen LogP contribution in [0.1, 0.15) is 13.3 Å². The third kappa shape index (κ3) is 3.24. The lowest BCUT2D eigenvalue weighted by molar-refractivity contribution is -0.497. The average Bonchev–Trinajstić information content (AvgIpc) is 3.12. The van der Waals surface area contributed by atoms with Crippen molar-refractivity contribution in [2.75, 3.05) is 10.6 Å². The molecular weight excluding hydrogens is 286 g/mol. The zero-order chi connectivity index (χ0) is 14.9. The summed E-state index contributed by atoms with van der Waals surface area (Å²) in [6.45, 7) is 1.34. The number of anilines is 2. The van der Waals surface area contributed by atoms with E-state index in [-0.39, 0.29) is 12.3 Å². The van der Waals surface area contributed by atoms with Crippen molar-refractivity contribution in [3.8, 4) is 0 Å². The number of hydrogen-bond acceptors (Lipinski definition) is 4. The molecule has 0 heterocycles. The predicted molar refractivity (Wildman–Crippen MR) is 73.3 cm³/mol. The van der Waals surface area contributed by atoms with Gasteiger partial charge in [-0.3, -0.25) is 19.7 Å². The van der Waals surface area contributed by atoms with Gasteiger partial charge in [0.25, 0.3) is 0 Å². The van der Waals surface area contributed by atoms with Gasteiger partial charge in [-0.1, -0.05) is 11.6 Å². The molecule has 1 aromatic carbocycles. The van der Waals surface area contributed by atoms with E-state index in [9.17, 15) is 19.7 Å². The topological polar surface area (TPSA) is 101 Å². The molecule has 7 nitrogen and oxygen atoms in total. The van der Waals surface area contributed by atoms with E-state index in [0.29, 0.717) is 16.4 Å². The maximum atomic E-state index is 11.9. The number of rotatable bonds is 4. The quantitative estimate of drug-likeness (QED) is 0.654. The first kappa shape index (κ1) is 14.3. The summed E-state index contributed by atoms with van der Waals surface area (Å²) in [5.41, 5.74) is 0.722. The third-order valence-electron chi connectivity index (χ3n) is 2.91. The normalized spacial score (nSPS) is 20.1. The average molecular weight is 298 g/mol. The molecule has 0 spiro atoms. The van der Waals surface area contributed by atoms with E-state index in [1.54, 1.807) is 12.1 Å². The first-order valence-electron chi connectivity index (χ1n) is 5.90. The van der Waals surface area contributed by atoms with E-state index >= 15 is 0 Å². The van der Waals surface area contributed by atoms with Crippen molar-refractivity contribution in [2.45, 2.75) is 19.4 Å². The van der Waals surface area contributed by atoms with Crippen LogP contribution in [-0.4, -0.2) is 22.8 Å². The summed E-state index contributed by atoms with van der Waals surface area (Å²) in [5.74, 6) is -1.37. The molecule has 2 atom stereocenters. The second kappa shape index (κ2) is 5.46. The highest BCUT2D eigenvalue weighted by molar-refractivity contribution is 6.31. The summed E-state index contributed by atoms with van der Waals surface area (Å²) in [6, 6.07) is 3.78. The van der Waals surface area contributed by atoms with Crippen molar-refractivity contribution in [1.29, 1.82) is 0 Å². The third-order valence-corrected chi connectivity index (χ3v) is 3.15. The molecule has 1 aromatic rings. The SMILES string of the molecule is CC(=O)Nc1ccc(Cl)cc1NC(=O)[C@@H]1C[C@H]1[N+](=O)[O-]. The molecule has 1 saturated carbocycles. The lowest BCUT2D eigenvalue weighted by Gasteiger charge is -2.11. The molecule has 1 fully saturated rings. The van der Waals surface area contributed by atoms with E-state index in [2.05, 4.69) is 10.6 Å². The fourth-order valence-electron chi connectivity index (χ4n) is 1.84.